The van der Waals surface area contributed by atoms with Gasteiger partial charge in [0.15, 0.2) is 0 Å². The van der Waals surface area contributed by atoms with Crippen molar-refractivity contribution in [2.75, 3.05) is 6.54 Å². The van der Waals surface area contributed by atoms with Gasteiger partial charge in [-0.25, -0.2) is 4.98 Å². The van der Waals surface area contributed by atoms with Crippen LogP contribution in [0.5, 0.6) is 0 Å². The van der Waals surface area contributed by atoms with Crippen LogP contribution in [0.1, 0.15) is 19.0 Å². The van der Waals surface area contributed by atoms with Crippen molar-refractivity contribution < 1.29 is 4.79 Å². The first-order chi connectivity index (χ1) is 10.3. The Labute approximate surface area is 129 Å². The van der Waals surface area contributed by atoms with Crippen LogP contribution in [0.25, 0.3) is 0 Å². The molecule has 21 heavy (non-hydrogen) atoms. The maximum atomic E-state index is 12.0. The van der Waals surface area contributed by atoms with Crippen LogP contribution >= 0.6 is 11.8 Å². The lowest BCUT2D eigenvalue weighted by atomic mass is 10.2. The zero-order valence-electron chi connectivity index (χ0n) is 12.0. The van der Waals surface area contributed by atoms with Gasteiger partial charge in [0.05, 0.1) is 10.3 Å². The molecule has 0 aromatic carbocycles. The normalized spacial score (nSPS) is 11.9. The van der Waals surface area contributed by atoms with E-state index < -0.39 is 0 Å². The maximum Gasteiger partial charge on any atom is 0.233 e. The highest BCUT2D eigenvalue weighted by Gasteiger charge is 2.14. The molecule has 2 heterocycles. The minimum Gasteiger partial charge on any atom is -0.355 e. The third-order valence-electron chi connectivity index (χ3n) is 2.94. The van der Waals surface area contributed by atoms with Crippen LogP contribution in [0, 0.1) is 0 Å². The molecule has 1 atom stereocenters. The molecule has 0 fully saturated rings. The third-order valence-corrected chi connectivity index (χ3v) is 3.99. The molecule has 1 amide bonds. The van der Waals surface area contributed by atoms with Crippen LogP contribution in [-0.2, 0) is 11.2 Å². The van der Waals surface area contributed by atoms with Gasteiger partial charge in [-0.15, -0.1) is 0 Å². The maximum absolute atomic E-state index is 12.0. The summed E-state index contributed by atoms with van der Waals surface area (Å²) < 4.78 is 0. The fourth-order valence-electron chi connectivity index (χ4n) is 1.82. The van der Waals surface area contributed by atoms with E-state index in [1.807, 2.05) is 43.3 Å². The highest BCUT2D eigenvalue weighted by atomic mass is 32.2. The molecule has 1 N–H and O–H groups in total. The minimum absolute atomic E-state index is 0.0478. The van der Waals surface area contributed by atoms with E-state index in [0.29, 0.717) is 6.54 Å². The van der Waals surface area contributed by atoms with Gasteiger partial charge >= 0.3 is 0 Å². The fraction of sp³-hybridized carbons (Fsp3) is 0.312. The monoisotopic (exact) mass is 301 g/mol. The molecule has 0 aliphatic carbocycles. The number of carbonyl (C=O) groups excluding carboxylic acids is 1. The van der Waals surface area contributed by atoms with Crippen LogP contribution in [0.2, 0.25) is 0 Å². The van der Waals surface area contributed by atoms with Crippen molar-refractivity contribution in [3.63, 3.8) is 0 Å². The van der Waals surface area contributed by atoms with Crippen LogP contribution in [0.15, 0.2) is 53.8 Å². The molecule has 0 spiro atoms. The number of aromatic nitrogens is 2. The Morgan fingerprint density at radius 2 is 1.95 bits per heavy atom. The lowest BCUT2D eigenvalue weighted by Gasteiger charge is -2.11. The van der Waals surface area contributed by atoms with Gasteiger partial charge in [0.25, 0.3) is 0 Å². The molecule has 0 aliphatic rings. The molecule has 2 rings (SSSR count). The molecular formula is C16H19N3OS. The summed E-state index contributed by atoms with van der Waals surface area (Å²) in [6.45, 7) is 2.57. The summed E-state index contributed by atoms with van der Waals surface area (Å²) in [6.07, 6.45) is 5.30. The third kappa shape index (κ3) is 5.55. The minimum atomic E-state index is -0.144. The Morgan fingerprint density at radius 1 is 1.19 bits per heavy atom. The van der Waals surface area contributed by atoms with E-state index in [-0.39, 0.29) is 11.2 Å². The van der Waals surface area contributed by atoms with E-state index in [4.69, 9.17) is 0 Å². The number of rotatable bonds is 7. The van der Waals surface area contributed by atoms with Crippen molar-refractivity contribution in [3.8, 4) is 0 Å². The van der Waals surface area contributed by atoms with E-state index in [2.05, 4.69) is 15.3 Å². The Bertz CT molecular complexity index is 548. The summed E-state index contributed by atoms with van der Waals surface area (Å²) in [7, 11) is 0. The predicted octanol–water partition coefficient (Wildman–Crippen LogP) is 2.71. The molecule has 5 heteroatoms. The van der Waals surface area contributed by atoms with E-state index in [9.17, 15) is 4.79 Å². The zero-order valence-corrected chi connectivity index (χ0v) is 12.8. The smallest absolute Gasteiger partial charge is 0.233 e. The lowest BCUT2D eigenvalue weighted by molar-refractivity contribution is -0.120. The first-order valence-corrected chi connectivity index (χ1v) is 7.89. The summed E-state index contributed by atoms with van der Waals surface area (Å²) in [5, 5.41) is 3.68. The summed E-state index contributed by atoms with van der Waals surface area (Å²) in [6, 6.07) is 11.6. The average Bonchev–Trinajstić information content (AvgIpc) is 2.53. The summed E-state index contributed by atoms with van der Waals surface area (Å²) >= 11 is 1.47. The highest BCUT2D eigenvalue weighted by Crippen LogP contribution is 2.20. The summed E-state index contributed by atoms with van der Waals surface area (Å²) in [5.74, 6) is 0.0478. The second-order valence-electron chi connectivity index (χ2n) is 4.64. The predicted molar refractivity (Wildman–Crippen MR) is 85.1 cm³/mol. The number of amides is 1. The molecule has 0 saturated carbocycles. The number of aryl methyl sites for hydroxylation is 1. The van der Waals surface area contributed by atoms with Crippen molar-refractivity contribution in [1.82, 2.24) is 15.3 Å². The number of pyridine rings is 2. The Hall–Kier alpha value is -1.88. The van der Waals surface area contributed by atoms with Gasteiger partial charge < -0.3 is 5.32 Å². The van der Waals surface area contributed by atoms with Gasteiger partial charge in [0.2, 0.25) is 5.91 Å². The average molecular weight is 301 g/mol. The van der Waals surface area contributed by atoms with Crippen LogP contribution < -0.4 is 5.32 Å². The van der Waals surface area contributed by atoms with Gasteiger partial charge in [0.1, 0.15) is 0 Å². The summed E-state index contributed by atoms with van der Waals surface area (Å²) in [5.41, 5.74) is 1.06. The molecule has 0 aliphatic heterocycles. The zero-order chi connectivity index (χ0) is 14.9. The molecule has 2 aromatic rings. The molecular weight excluding hydrogens is 282 g/mol. The summed E-state index contributed by atoms with van der Waals surface area (Å²) in [4.78, 5) is 20.5. The van der Waals surface area contributed by atoms with Gasteiger partial charge in [-0.1, -0.05) is 23.9 Å². The van der Waals surface area contributed by atoms with E-state index >= 15 is 0 Å². The Balaban J connectivity index is 1.67. The van der Waals surface area contributed by atoms with E-state index in [1.54, 1.807) is 12.4 Å². The second-order valence-corrected chi connectivity index (χ2v) is 6.00. The number of hydrogen-bond donors (Lipinski definition) is 1. The molecule has 4 nitrogen and oxygen atoms in total. The molecule has 0 saturated heterocycles. The number of nitrogens with zero attached hydrogens (tertiary/aromatic N) is 2. The molecule has 1 unspecified atom stereocenters. The van der Waals surface area contributed by atoms with Gasteiger partial charge in [0, 0.05) is 24.6 Å². The first kappa shape index (κ1) is 15.5. The van der Waals surface area contributed by atoms with Crippen LogP contribution in [-0.4, -0.2) is 27.7 Å². The van der Waals surface area contributed by atoms with Gasteiger partial charge in [-0.2, -0.15) is 0 Å². The Kier molecular flexibility index (Phi) is 6.22. The topological polar surface area (TPSA) is 54.9 Å². The Morgan fingerprint density at radius 3 is 2.62 bits per heavy atom. The van der Waals surface area contributed by atoms with Crippen molar-refractivity contribution in [2.24, 2.45) is 0 Å². The van der Waals surface area contributed by atoms with Gasteiger partial charge in [-0.3, -0.25) is 9.78 Å². The largest absolute Gasteiger partial charge is 0.355 e. The molecule has 0 bridgehead atoms. The van der Waals surface area contributed by atoms with Crippen molar-refractivity contribution in [2.45, 2.75) is 30.0 Å². The lowest BCUT2D eigenvalue weighted by Crippen LogP contribution is -2.31. The quantitative estimate of drug-likeness (QED) is 0.631. The van der Waals surface area contributed by atoms with Crippen molar-refractivity contribution >= 4 is 17.7 Å². The number of hydrogen-bond acceptors (Lipinski definition) is 4. The van der Waals surface area contributed by atoms with Crippen LogP contribution in [0.4, 0.5) is 0 Å². The number of thioether (sulfide) groups is 1. The SMILES string of the molecule is CC(Sc1ccccn1)C(=O)NCCCc1ccccn1. The molecule has 110 valence electrons. The first-order valence-electron chi connectivity index (χ1n) is 7.01. The molecule has 0 radical (unpaired) electrons. The van der Waals surface area contributed by atoms with Crippen LogP contribution in [0.3, 0.4) is 0 Å². The van der Waals surface area contributed by atoms with E-state index in [1.165, 1.54) is 11.8 Å². The van der Waals surface area contributed by atoms with E-state index in [0.717, 1.165) is 23.6 Å². The van der Waals surface area contributed by atoms with Crippen molar-refractivity contribution in [3.05, 3.63) is 54.5 Å². The van der Waals surface area contributed by atoms with Gasteiger partial charge in [-0.05, 0) is 44.0 Å². The fourth-order valence-corrected chi connectivity index (χ4v) is 2.65. The standard InChI is InChI=1S/C16H19N3OS/c1-13(21-15-9-3-5-11-18-15)16(20)19-12-6-8-14-7-2-4-10-17-14/h2-5,7,9-11,13H,6,8,12H2,1H3,(H,19,20). The van der Waals surface area contributed by atoms with Crippen molar-refractivity contribution in [1.29, 1.82) is 0 Å². The number of nitrogens with one attached hydrogen (secondary N) is 1. The molecule has 2 aromatic heterocycles. The highest BCUT2D eigenvalue weighted by molar-refractivity contribution is 8.00. The second kappa shape index (κ2) is 8.42. The number of carbonyl (C=O) groups is 1.